The number of fused-ring (bicyclic) bond motifs is 1. The SMILES string of the molecule is CN1CCCCc2ccc(NC(=O)OC(C)(C)C)cc21. The van der Waals surface area contributed by atoms with Crippen LogP contribution in [0, 0.1) is 0 Å². The standard InChI is InChI=1S/C16H24N2O2/c1-16(2,3)20-15(19)17-13-9-8-12-7-5-6-10-18(4)14(12)11-13/h8-9,11H,5-7,10H2,1-4H3,(H,17,19). The summed E-state index contributed by atoms with van der Waals surface area (Å²) >= 11 is 0. The lowest BCUT2D eigenvalue weighted by Gasteiger charge is -2.22. The van der Waals surface area contributed by atoms with Crippen LogP contribution in [0.4, 0.5) is 16.2 Å². The Kier molecular flexibility index (Phi) is 4.21. The first kappa shape index (κ1) is 14.7. The van der Waals surface area contributed by atoms with Gasteiger partial charge >= 0.3 is 6.09 Å². The molecular weight excluding hydrogens is 252 g/mol. The van der Waals surface area contributed by atoms with Crippen molar-refractivity contribution in [3.05, 3.63) is 23.8 Å². The van der Waals surface area contributed by atoms with E-state index in [1.54, 1.807) is 0 Å². The van der Waals surface area contributed by atoms with Gasteiger partial charge in [0.2, 0.25) is 0 Å². The quantitative estimate of drug-likeness (QED) is 0.848. The smallest absolute Gasteiger partial charge is 0.412 e. The Bertz CT molecular complexity index is 492. The Morgan fingerprint density at radius 2 is 2.05 bits per heavy atom. The van der Waals surface area contributed by atoms with Crippen LogP contribution in [0.1, 0.15) is 39.2 Å². The van der Waals surface area contributed by atoms with Gasteiger partial charge in [-0.15, -0.1) is 0 Å². The van der Waals surface area contributed by atoms with Gasteiger partial charge in [-0.3, -0.25) is 5.32 Å². The van der Waals surface area contributed by atoms with E-state index >= 15 is 0 Å². The van der Waals surface area contributed by atoms with Crippen LogP contribution in [0.5, 0.6) is 0 Å². The second-order valence-corrected chi connectivity index (χ2v) is 6.35. The lowest BCUT2D eigenvalue weighted by Crippen LogP contribution is -2.27. The monoisotopic (exact) mass is 276 g/mol. The van der Waals surface area contributed by atoms with Crippen molar-refractivity contribution in [2.45, 2.75) is 45.6 Å². The zero-order valence-electron chi connectivity index (χ0n) is 12.8. The van der Waals surface area contributed by atoms with Gasteiger partial charge in [-0.25, -0.2) is 4.79 Å². The lowest BCUT2D eigenvalue weighted by atomic mass is 10.1. The molecule has 0 saturated heterocycles. The summed E-state index contributed by atoms with van der Waals surface area (Å²) < 4.78 is 5.27. The van der Waals surface area contributed by atoms with E-state index in [9.17, 15) is 4.79 Å². The van der Waals surface area contributed by atoms with E-state index in [-0.39, 0.29) is 0 Å². The normalized spacial score (nSPS) is 15.3. The molecule has 0 bridgehead atoms. The number of anilines is 2. The molecule has 0 atom stereocenters. The number of amides is 1. The van der Waals surface area contributed by atoms with Crippen LogP contribution in [-0.2, 0) is 11.2 Å². The number of hydrogen-bond donors (Lipinski definition) is 1. The highest BCUT2D eigenvalue weighted by Gasteiger charge is 2.17. The van der Waals surface area contributed by atoms with Crippen molar-refractivity contribution in [1.82, 2.24) is 0 Å². The minimum Gasteiger partial charge on any atom is -0.444 e. The van der Waals surface area contributed by atoms with E-state index in [0.717, 1.165) is 18.7 Å². The molecule has 1 aromatic rings. The summed E-state index contributed by atoms with van der Waals surface area (Å²) in [5, 5.41) is 2.80. The highest BCUT2D eigenvalue weighted by atomic mass is 16.6. The van der Waals surface area contributed by atoms with Gasteiger partial charge in [-0.05, 0) is 57.7 Å². The third kappa shape index (κ3) is 3.89. The summed E-state index contributed by atoms with van der Waals surface area (Å²) in [6.45, 7) is 6.63. The highest BCUT2D eigenvalue weighted by Crippen LogP contribution is 2.28. The molecule has 0 unspecified atom stereocenters. The van der Waals surface area contributed by atoms with Crippen molar-refractivity contribution >= 4 is 17.5 Å². The second-order valence-electron chi connectivity index (χ2n) is 6.35. The fourth-order valence-electron chi connectivity index (χ4n) is 2.41. The van der Waals surface area contributed by atoms with Gasteiger partial charge in [0.1, 0.15) is 5.60 Å². The molecule has 1 heterocycles. The van der Waals surface area contributed by atoms with Gasteiger partial charge in [0.05, 0.1) is 0 Å². The molecule has 1 amide bonds. The number of nitrogens with one attached hydrogen (secondary N) is 1. The molecule has 1 aromatic carbocycles. The first-order chi connectivity index (χ1) is 9.35. The second kappa shape index (κ2) is 5.73. The molecule has 20 heavy (non-hydrogen) atoms. The minimum absolute atomic E-state index is 0.409. The highest BCUT2D eigenvalue weighted by molar-refractivity contribution is 5.86. The zero-order valence-corrected chi connectivity index (χ0v) is 12.8. The largest absolute Gasteiger partial charge is 0.444 e. The molecule has 0 aromatic heterocycles. The van der Waals surface area contributed by atoms with Gasteiger partial charge in [0.25, 0.3) is 0 Å². The number of benzene rings is 1. The van der Waals surface area contributed by atoms with E-state index in [2.05, 4.69) is 23.3 Å². The predicted molar refractivity (Wildman–Crippen MR) is 82.5 cm³/mol. The molecule has 0 fully saturated rings. The summed E-state index contributed by atoms with van der Waals surface area (Å²) in [5.74, 6) is 0. The van der Waals surface area contributed by atoms with Gasteiger partial charge < -0.3 is 9.64 Å². The average Bonchev–Trinajstić information content (AvgIpc) is 2.49. The van der Waals surface area contributed by atoms with E-state index in [0.29, 0.717) is 0 Å². The van der Waals surface area contributed by atoms with Gasteiger partial charge in [-0.2, -0.15) is 0 Å². The van der Waals surface area contributed by atoms with E-state index < -0.39 is 11.7 Å². The van der Waals surface area contributed by atoms with Crippen molar-refractivity contribution < 1.29 is 9.53 Å². The Morgan fingerprint density at radius 1 is 1.30 bits per heavy atom. The third-order valence-corrected chi connectivity index (χ3v) is 3.33. The van der Waals surface area contributed by atoms with E-state index in [1.807, 2.05) is 32.9 Å². The van der Waals surface area contributed by atoms with Crippen molar-refractivity contribution in [3.8, 4) is 0 Å². The van der Waals surface area contributed by atoms with E-state index in [4.69, 9.17) is 4.74 Å². The number of hydrogen-bond acceptors (Lipinski definition) is 3. The van der Waals surface area contributed by atoms with Crippen LogP contribution in [0.3, 0.4) is 0 Å². The number of nitrogens with zero attached hydrogens (tertiary/aromatic N) is 1. The summed E-state index contributed by atoms with van der Waals surface area (Å²) in [4.78, 5) is 14.1. The van der Waals surface area contributed by atoms with Crippen LogP contribution in [0.25, 0.3) is 0 Å². The predicted octanol–water partition coefficient (Wildman–Crippen LogP) is 3.81. The number of ether oxygens (including phenoxy) is 1. The maximum absolute atomic E-state index is 11.8. The van der Waals surface area contributed by atoms with Crippen LogP contribution >= 0.6 is 0 Å². The Balaban J connectivity index is 2.12. The maximum atomic E-state index is 11.8. The summed E-state index contributed by atoms with van der Waals surface area (Å²) in [6, 6.07) is 6.08. The van der Waals surface area contributed by atoms with Crippen molar-refractivity contribution in [1.29, 1.82) is 0 Å². The number of rotatable bonds is 1. The molecule has 0 saturated carbocycles. The summed E-state index contributed by atoms with van der Waals surface area (Å²) in [7, 11) is 2.10. The first-order valence-electron chi connectivity index (χ1n) is 7.19. The molecule has 2 rings (SSSR count). The van der Waals surface area contributed by atoms with Crippen molar-refractivity contribution in [3.63, 3.8) is 0 Å². The van der Waals surface area contributed by atoms with Crippen molar-refractivity contribution in [2.75, 3.05) is 23.8 Å². The minimum atomic E-state index is -0.480. The molecule has 110 valence electrons. The third-order valence-electron chi connectivity index (χ3n) is 3.33. The van der Waals surface area contributed by atoms with Crippen LogP contribution < -0.4 is 10.2 Å². The lowest BCUT2D eigenvalue weighted by molar-refractivity contribution is 0.0636. The Labute approximate surface area is 121 Å². The van der Waals surface area contributed by atoms with Crippen LogP contribution in [0.15, 0.2) is 18.2 Å². The van der Waals surface area contributed by atoms with Crippen LogP contribution in [-0.4, -0.2) is 25.3 Å². The first-order valence-corrected chi connectivity index (χ1v) is 7.19. The fraction of sp³-hybridized carbons (Fsp3) is 0.562. The fourth-order valence-corrected chi connectivity index (χ4v) is 2.41. The number of carbonyl (C=O) groups is 1. The molecule has 4 heteroatoms. The molecule has 1 aliphatic rings. The molecule has 0 aliphatic carbocycles. The maximum Gasteiger partial charge on any atom is 0.412 e. The topological polar surface area (TPSA) is 41.6 Å². The van der Waals surface area contributed by atoms with Gasteiger partial charge in [-0.1, -0.05) is 6.07 Å². The average molecular weight is 276 g/mol. The number of aryl methyl sites for hydroxylation is 1. The summed E-state index contributed by atoms with van der Waals surface area (Å²) in [6.07, 6.45) is 3.12. The molecular formula is C16H24N2O2. The summed E-state index contributed by atoms with van der Waals surface area (Å²) in [5.41, 5.74) is 2.86. The Morgan fingerprint density at radius 3 is 2.75 bits per heavy atom. The number of carbonyl (C=O) groups excluding carboxylic acids is 1. The van der Waals surface area contributed by atoms with Gasteiger partial charge in [0, 0.05) is 25.0 Å². The van der Waals surface area contributed by atoms with Gasteiger partial charge in [0.15, 0.2) is 0 Å². The molecule has 0 spiro atoms. The van der Waals surface area contributed by atoms with E-state index in [1.165, 1.54) is 24.1 Å². The molecule has 4 nitrogen and oxygen atoms in total. The molecule has 1 N–H and O–H groups in total. The molecule has 0 radical (unpaired) electrons. The zero-order chi connectivity index (χ0) is 14.8. The van der Waals surface area contributed by atoms with Crippen LogP contribution in [0.2, 0.25) is 0 Å². The Hall–Kier alpha value is -1.71. The molecule has 1 aliphatic heterocycles. The van der Waals surface area contributed by atoms with Crippen molar-refractivity contribution in [2.24, 2.45) is 0 Å².